The highest BCUT2D eigenvalue weighted by Crippen LogP contribution is 3.02. The molecule has 0 aliphatic carbocycles. The number of rotatable bonds is 9. The van der Waals surface area contributed by atoms with Gasteiger partial charge in [-0.15, -0.1) is 10.1 Å². The van der Waals surface area contributed by atoms with E-state index in [9.17, 15) is 47.5 Å². The van der Waals surface area contributed by atoms with Gasteiger partial charge in [0.1, 0.15) is 23.9 Å². The fourth-order valence-electron chi connectivity index (χ4n) is 2.59. The molecule has 0 amide bonds. The largest absolute Gasteiger partial charge is 0.475 e. The SMILES string of the molecule is CN(CCOC(=O)C1=Cc2cc(S(F)(F)(F)(F)F)ccc2OC1C(F)(F)F)CCO[N+](=O)[O-]. The van der Waals surface area contributed by atoms with E-state index in [0.717, 1.165) is 0 Å². The van der Waals surface area contributed by atoms with Crippen LogP contribution >= 0.6 is 10.2 Å². The Morgan fingerprint density at radius 3 is 2.33 bits per heavy atom. The molecule has 0 fully saturated rings. The summed E-state index contributed by atoms with van der Waals surface area (Å²) in [5.41, 5.74) is -2.06. The number of fused-ring (bicyclic) bond motifs is 1. The molecular weight excluding hydrogens is 500 g/mol. The van der Waals surface area contributed by atoms with E-state index in [0.29, 0.717) is 12.1 Å². The van der Waals surface area contributed by atoms with Crippen molar-refractivity contribution in [1.82, 2.24) is 4.90 Å². The number of carbonyl (C=O) groups is 1. The Bertz CT molecular complexity index is 967. The second kappa shape index (κ2) is 8.19. The molecule has 188 valence electrons. The summed E-state index contributed by atoms with van der Waals surface area (Å²) >= 11 is 0. The molecule has 0 saturated heterocycles. The number of benzene rings is 1. The monoisotopic (exact) mass is 516 g/mol. The van der Waals surface area contributed by atoms with Crippen LogP contribution in [0.3, 0.4) is 0 Å². The summed E-state index contributed by atoms with van der Waals surface area (Å²) in [6.07, 6.45) is -7.74. The van der Waals surface area contributed by atoms with Gasteiger partial charge < -0.3 is 19.2 Å². The Morgan fingerprint density at radius 1 is 1.18 bits per heavy atom. The van der Waals surface area contributed by atoms with Gasteiger partial charge in [-0.25, -0.2) is 4.79 Å². The lowest BCUT2D eigenvalue weighted by Gasteiger charge is -2.41. The van der Waals surface area contributed by atoms with Crippen LogP contribution < -0.4 is 4.74 Å². The highest BCUT2D eigenvalue weighted by Gasteiger charge is 2.65. The molecule has 17 heteroatoms. The van der Waals surface area contributed by atoms with Crippen molar-refractivity contribution in [3.8, 4) is 5.75 Å². The van der Waals surface area contributed by atoms with Gasteiger partial charge in [0.25, 0.3) is 5.09 Å². The van der Waals surface area contributed by atoms with E-state index in [-0.39, 0.29) is 31.8 Å². The molecule has 0 aromatic heterocycles. The minimum Gasteiger partial charge on any atom is -0.475 e. The van der Waals surface area contributed by atoms with Gasteiger partial charge in [0, 0.05) is 18.7 Å². The second-order valence-electron chi connectivity index (χ2n) is 6.80. The van der Waals surface area contributed by atoms with Crippen LogP contribution in [-0.2, 0) is 14.4 Å². The van der Waals surface area contributed by atoms with Crippen molar-refractivity contribution in [3.63, 3.8) is 0 Å². The first kappa shape index (κ1) is 26.4. The van der Waals surface area contributed by atoms with E-state index >= 15 is 0 Å². The number of nitrogens with zero attached hydrogens (tertiary/aromatic N) is 2. The Labute approximate surface area is 180 Å². The number of alkyl halides is 3. The molecule has 2 rings (SSSR count). The second-order valence-corrected chi connectivity index (χ2v) is 9.21. The third kappa shape index (κ3) is 7.34. The molecule has 0 radical (unpaired) electrons. The molecule has 1 atom stereocenters. The maximum Gasteiger partial charge on any atom is 0.430 e. The zero-order valence-electron chi connectivity index (χ0n) is 16.5. The van der Waals surface area contributed by atoms with E-state index < -0.39 is 61.9 Å². The number of ether oxygens (including phenoxy) is 2. The van der Waals surface area contributed by atoms with Gasteiger partial charge in [-0.05, 0) is 31.3 Å². The molecule has 33 heavy (non-hydrogen) atoms. The fraction of sp³-hybridized carbons (Fsp3) is 0.438. The normalized spacial score (nSPS) is 18.4. The van der Waals surface area contributed by atoms with E-state index in [1.54, 1.807) is 0 Å². The van der Waals surface area contributed by atoms with Crippen LogP contribution in [-0.4, -0.2) is 61.6 Å². The molecule has 0 bridgehead atoms. The molecule has 1 aromatic rings. The molecule has 0 spiro atoms. The van der Waals surface area contributed by atoms with Crippen LogP contribution in [0.25, 0.3) is 6.08 Å². The van der Waals surface area contributed by atoms with E-state index in [4.69, 9.17) is 4.74 Å². The summed E-state index contributed by atoms with van der Waals surface area (Å²) in [7, 11) is -8.72. The van der Waals surface area contributed by atoms with Gasteiger partial charge in [0.2, 0.25) is 6.10 Å². The zero-order valence-corrected chi connectivity index (χ0v) is 17.3. The molecule has 1 aliphatic heterocycles. The smallest absolute Gasteiger partial charge is 0.430 e. The molecule has 8 nitrogen and oxygen atoms in total. The average Bonchev–Trinajstić information content (AvgIpc) is 2.63. The lowest BCUT2D eigenvalue weighted by atomic mass is 10.0. The number of halogens is 8. The Hall–Kier alpha value is -2.82. The first-order valence-corrected chi connectivity index (χ1v) is 10.7. The highest BCUT2D eigenvalue weighted by atomic mass is 32.5. The molecule has 1 aliphatic rings. The van der Waals surface area contributed by atoms with Crippen molar-refractivity contribution < 1.29 is 56.8 Å². The summed E-state index contributed by atoms with van der Waals surface area (Å²) in [5, 5.41) is 9.01. The van der Waals surface area contributed by atoms with Crippen LogP contribution in [0.1, 0.15) is 5.56 Å². The predicted octanol–water partition coefficient (Wildman–Crippen LogP) is 4.73. The minimum atomic E-state index is -10.1. The highest BCUT2D eigenvalue weighted by molar-refractivity contribution is 8.45. The van der Waals surface area contributed by atoms with Gasteiger partial charge in [0.15, 0.2) is 0 Å². The van der Waals surface area contributed by atoms with Gasteiger partial charge in [-0.1, -0.05) is 19.4 Å². The molecule has 0 saturated carbocycles. The minimum absolute atomic E-state index is 0.0000421. The number of esters is 1. The fourth-order valence-corrected chi connectivity index (χ4v) is 3.26. The summed E-state index contributed by atoms with van der Waals surface area (Å²) < 4.78 is 114. The summed E-state index contributed by atoms with van der Waals surface area (Å²) in [6.45, 7) is -0.936. The first-order valence-electron chi connectivity index (χ1n) is 8.74. The number of likely N-dealkylation sites (N-methyl/N-ethyl adjacent to an activating group) is 1. The van der Waals surface area contributed by atoms with Crippen molar-refractivity contribution in [1.29, 1.82) is 0 Å². The Morgan fingerprint density at radius 2 is 1.79 bits per heavy atom. The van der Waals surface area contributed by atoms with Crippen molar-refractivity contribution >= 4 is 22.3 Å². The summed E-state index contributed by atoms with van der Waals surface area (Å²) in [5.74, 6) is -2.39. The molecule has 1 aromatic carbocycles. The number of hydrogen-bond donors (Lipinski definition) is 0. The van der Waals surface area contributed by atoms with Crippen LogP contribution in [0.4, 0.5) is 32.6 Å². The lowest BCUT2D eigenvalue weighted by Crippen LogP contribution is -2.41. The molecule has 1 heterocycles. The third-order valence-electron chi connectivity index (χ3n) is 4.17. The lowest BCUT2D eigenvalue weighted by molar-refractivity contribution is -0.757. The predicted molar refractivity (Wildman–Crippen MR) is 97.7 cm³/mol. The first-order chi connectivity index (χ1) is 14.8. The standard InChI is InChI=1S/C16H16F8N2O6S/c1-25(5-7-31-26(28)29)4-6-30-15(27)12-9-10-8-11(33(20,21,22,23)24)2-3-13(10)32-14(12)16(17,18)19/h2-3,8-9,14H,4-7H2,1H3. The van der Waals surface area contributed by atoms with Crippen molar-refractivity contribution in [2.45, 2.75) is 17.2 Å². The molecule has 1 unspecified atom stereocenters. The van der Waals surface area contributed by atoms with E-state index in [2.05, 4.69) is 9.57 Å². The van der Waals surface area contributed by atoms with Gasteiger partial charge in [0.05, 0.1) is 5.57 Å². The number of hydrogen-bond acceptors (Lipinski definition) is 7. The Kier molecular flexibility index (Phi) is 6.56. The quantitative estimate of drug-likeness (QED) is 0.203. The van der Waals surface area contributed by atoms with Crippen LogP contribution in [0.15, 0.2) is 28.7 Å². The maximum absolute atomic E-state index is 13.3. The van der Waals surface area contributed by atoms with E-state index in [1.807, 2.05) is 0 Å². The van der Waals surface area contributed by atoms with Crippen LogP contribution in [0.5, 0.6) is 5.75 Å². The van der Waals surface area contributed by atoms with Crippen molar-refractivity contribution in [2.24, 2.45) is 0 Å². The zero-order chi connectivity index (χ0) is 25.3. The topological polar surface area (TPSA) is 91.1 Å². The number of carbonyl (C=O) groups excluding carboxylic acids is 1. The molecule has 0 N–H and O–H groups in total. The van der Waals surface area contributed by atoms with Crippen LogP contribution in [0, 0.1) is 10.1 Å². The van der Waals surface area contributed by atoms with Crippen molar-refractivity contribution in [2.75, 3.05) is 33.4 Å². The average molecular weight is 516 g/mol. The van der Waals surface area contributed by atoms with Gasteiger partial charge in [-0.2, -0.15) is 13.2 Å². The Balaban J connectivity index is 2.22. The summed E-state index contributed by atoms with van der Waals surface area (Å²) in [4.78, 5) is 25.3. The van der Waals surface area contributed by atoms with E-state index in [1.165, 1.54) is 11.9 Å². The summed E-state index contributed by atoms with van der Waals surface area (Å²) in [6, 6.07) is 0.0885. The van der Waals surface area contributed by atoms with Crippen LogP contribution in [0.2, 0.25) is 0 Å². The third-order valence-corrected chi connectivity index (χ3v) is 5.32. The van der Waals surface area contributed by atoms with Gasteiger partial charge in [-0.3, -0.25) is 0 Å². The maximum atomic E-state index is 13.3. The molecular formula is C16H16F8N2O6S. The van der Waals surface area contributed by atoms with Crippen molar-refractivity contribution in [3.05, 3.63) is 39.4 Å². The van der Waals surface area contributed by atoms with Gasteiger partial charge >= 0.3 is 22.4 Å².